The number of nitrogens with one attached hydrogen (secondary N) is 1. The van der Waals surface area contributed by atoms with E-state index in [2.05, 4.69) is 22.3 Å². The smallest absolute Gasteiger partial charge is 0.227 e. The average Bonchev–Trinajstić information content (AvgIpc) is 3.05. The Morgan fingerprint density at radius 1 is 1.24 bits per heavy atom. The summed E-state index contributed by atoms with van der Waals surface area (Å²) in [6, 6.07) is 8.21. The maximum Gasteiger partial charge on any atom is 0.227 e. The monoisotopic (exact) mass is 230 g/mol. The molecule has 1 aromatic carbocycles. The molecule has 0 atom stereocenters. The van der Waals surface area contributed by atoms with E-state index in [0.29, 0.717) is 0 Å². The summed E-state index contributed by atoms with van der Waals surface area (Å²) in [4.78, 5) is 14.1. The lowest BCUT2D eigenvalue weighted by Crippen LogP contribution is -2.18. The molecular formula is C14H18N2O. The van der Waals surface area contributed by atoms with E-state index in [4.69, 9.17) is 0 Å². The summed E-state index contributed by atoms with van der Waals surface area (Å²) < 4.78 is 0. The molecule has 0 unspecified atom stereocenters. The standard InChI is InChI=1S/C14H18N2O/c17-14(11-6-7-11)15-12-4-3-5-13(10-12)16-8-1-2-9-16/h3-5,10-11H,1-2,6-9H2,(H,15,17). The number of carbonyl (C=O) groups is 1. The predicted octanol–water partition coefficient (Wildman–Crippen LogP) is 2.64. The fourth-order valence-corrected chi connectivity index (χ4v) is 2.35. The van der Waals surface area contributed by atoms with Gasteiger partial charge < -0.3 is 10.2 Å². The van der Waals surface area contributed by atoms with Crippen LogP contribution in [0.2, 0.25) is 0 Å². The minimum Gasteiger partial charge on any atom is -0.371 e. The fraction of sp³-hybridized carbons (Fsp3) is 0.500. The molecule has 1 heterocycles. The van der Waals surface area contributed by atoms with E-state index < -0.39 is 0 Å². The van der Waals surface area contributed by atoms with Gasteiger partial charge in [0.15, 0.2) is 0 Å². The van der Waals surface area contributed by atoms with Gasteiger partial charge in [-0.15, -0.1) is 0 Å². The molecule has 0 bridgehead atoms. The van der Waals surface area contributed by atoms with E-state index in [1.807, 2.05) is 12.1 Å². The van der Waals surface area contributed by atoms with Crippen LogP contribution in [0.1, 0.15) is 25.7 Å². The van der Waals surface area contributed by atoms with E-state index >= 15 is 0 Å². The minimum absolute atomic E-state index is 0.184. The van der Waals surface area contributed by atoms with Crippen molar-refractivity contribution < 1.29 is 4.79 Å². The molecule has 1 amide bonds. The molecule has 2 fully saturated rings. The molecule has 1 aromatic rings. The van der Waals surface area contributed by atoms with Crippen molar-refractivity contribution in [3.05, 3.63) is 24.3 Å². The third kappa shape index (κ3) is 2.43. The van der Waals surface area contributed by atoms with Crippen molar-refractivity contribution >= 4 is 17.3 Å². The van der Waals surface area contributed by atoms with E-state index in [0.717, 1.165) is 31.6 Å². The zero-order valence-electron chi connectivity index (χ0n) is 9.98. The van der Waals surface area contributed by atoms with Crippen molar-refractivity contribution in [3.63, 3.8) is 0 Å². The summed E-state index contributed by atoms with van der Waals surface area (Å²) in [5.74, 6) is 0.453. The lowest BCUT2D eigenvalue weighted by atomic mass is 10.2. The summed E-state index contributed by atoms with van der Waals surface area (Å²) in [7, 11) is 0. The van der Waals surface area contributed by atoms with Gasteiger partial charge in [0.05, 0.1) is 0 Å². The number of carbonyl (C=O) groups excluding carboxylic acids is 1. The summed E-state index contributed by atoms with van der Waals surface area (Å²) >= 11 is 0. The first-order valence-electron chi connectivity index (χ1n) is 6.49. The number of benzene rings is 1. The Morgan fingerprint density at radius 3 is 2.71 bits per heavy atom. The topological polar surface area (TPSA) is 32.3 Å². The first-order valence-corrected chi connectivity index (χ1v) is 6.49. The van der Waals surface area contributed by atoms with E-state index in [-0.39, 0.29) is 11.8 Å². The number of hydrogen-bond acceptors (Lipinski definition) is 2. The van der Waals surface area contributed by atoms with Gasteiger partial charge in [0, 0.05) is 30.4 Å². The molecular weight excluding hydrogens is 212 g/mol. The molecule has 90 valence electrons. The highest BCUT2D eigenvalue weighted by atomic mass is 16.2. The molecule has 3 heteroatoms. The van der Waals surface area contributed by atoms with Gasteiger partial charge in [-0.2, -0.15) is 0 Å². The molecule has 0 spiro atoms. The Bertz CT molecular complexity index is 420. The van der Waals surface area contributed by atoms with Gasteiger partial charge in [-0.3, -0.25) is 4.79 Å². The van der Waals surface area contributed by atoms with Gasteiger partial charge in [-0.1, -0.05) is 6.07 Å². The third-order valence-electron chi connectivity index (χ3n) is 3.53. The zero-order chi connectivity index (χ0) is 11.7. The van der Waals surface area contributed by atoms with Crippen LogP contribution in [-0.4, -0.2) is 19.0 Å². The van der Waals surface area contributed by atoms with E-state index in [9.17, 15) is 4.79 Å². The molecule has 1 saturated carbocycles. The first-order chi connectivity index (χ1) is 8.33. The number of amides is 1. The van der Waals surface area contributed by atoms with Crippen molar-refractivity contribution in [2.45, 2.75) is 25.7 Å². The van der Waals surface area contributed by atoms with Crippen molar-refractivity contribution in [1.82, 2.24) is 0 Å². The second kappa shape index (κ2) is 4.40. The number of rotatable bonds is 3. The maximum atomic E-state index is 11.7. The minimum atomic E-state index is 0.184. The summed E-state index contributed by atoms with van der Waals surface area (Å²) in [6.45, 7) is 2.28. The van der Waals surface area contributed by atoms with Crippen LogP contribution < -0.4 is 10.2 Å². The highest BCUT2D eigenvalue weighted by Gasteiger charge is 2.29. The van der Waals surface area contributed by atoms with Crippen molar-refractivity contribution in [1.29, 1.82) is 0 Å². The Kier molecular flexibility index (Phi) is 2.75. The Hall–Kier alpha value is -1.51. The highest BCUT2D eigenvalue weighted by molar-refractivity contribution is 5.94. The molecule has 1 saturated heterocycles. The Labute approximate surface area is 102 Å². The van der Waals surface area contributed by atoms with Crippen molar-refractivity contribution in [2.24, 2.45) is 5.92 Å². The van der Waals surface area contributed by atoms with Gasteiger partial charge in [0.1, 0.15) is 0 Å². The quantitative estimate of drug-likeness (QED) is 0.865. The van der Waals surface area contributed by atoms with Crippen LogP contribution in [-0.2, 0) is 4.79 Å². The first kappa shape index (κ1) is 10.6. The van der Waals surface area contributed by atoms with Gasteiger partial charge in [-0.25, -0.2) is 0 Å². The number of hydrogen-bond donors (Lipinski definition) is 1. The van der Waals surface area contributed by atoms with Crippen molar-refractivity contribution in [3.8, 4) is 0 Å². The van der Waals surface area contributed by atoms with Crippen LogP contribution in [0, 0.1) is 5.92 Å². The normalized spacial score (nSPS) is 19.4. The second-order valence-corrected chi connectivity index (χ2v) is 5.01. The second-order valence-electron chi connectivity index (χ2n) is 5.01. The van der Waals surface area contributed by atoms with Crippen LogP contribution in [0.5, 0.6) is 0 Å². The summed E-state index contributed by atoms with van der Waals surface area (Å²) in [6.07, 6.45) is 4.66. The molecule has 1 aliphatic heterocycles. The molecule has 1 aliphatic carbocycles. The molecule has 0 aromatic heterocycles. The lowest BCUT2D eigenvalue weighted by Gasteiger charge is -2.18. The Morgan fingerprint density at radius 2 is 2.00 bits per heavy atom. The van der Waals surface area contributed by atoms with Crippen LogP contribution in [0.15, 0.2) is 24.3 Å². The van der Waals surface area contributed by atoms with Crippen molar-refractivity contribution in [2.75, 3.05) is 23.3 Å². The van der Waals surface area contributed by atoms with Crippen LogP contribution in [0.4, 0.5) is 11.4 Å². The highest BCUT2D eigenvalue weighted by Crippen LogP contribution is 2.31. The fourth-order valence-electron chi connectivity index (χ4n) is 2.35. The van der Waals surface area contributed by atoms with Gasteiger partial charge >= 0.3 is 0 Å². The van der Waals surface area contributed by atoms with Crippen LogP contribution in [0.3, 0.4) is 0 Å². The number of nitrogens with zero attached hydrogens (tertiary/aromatic N) is 1. The summed E-state index contributed by atoms with van der Waals surface area (Å²) in [5, 5.41) is 3.00. The van der Waals surface area contributed by atoms with Gasteiger partial charge in [-0.05, 0) is 43.9 Å². The van der Waals surface area contributed by atoms with Gasteiger partial charge in [0.2, 0.25) is 5.91 Å². The van der Waals surface area contributed by atoms with Crippen LogP contribution in [0.25, 0.3) is 0 Å². The number of anilines is 2. The Balaban J connectivity index is 1.71. The third-order valence-corrected chi connectivity index (χ3v) is 3.53. The van der Waals surface area contributed by atoms with E-state index in [1.54, 1.807) is 0 Å². The molecule has 17 heavy (non-hydrogen) atoms. The average molecular weight is 230 g/mol. The molecule has 3 rings (SSSR count). The largest absolute Gasteiger partial charge is 0.371 e. The zero-order valence-corrected chi connectivity index (χ0v) is 9.98. The van der Waals surface area contributed by atoms with E-state index in [1.165, 1.54) is 18.5 Å². The summed E-state index contributed by atoms with van der Waals surface area (Å²) in [5.41, 5.74) is 2.17. The molecule has 2 aliphatic rings. The molecule has 1 N–H and O–H groups in total. The lowest BCUT2D eigenvalue weighted by molar-refractivity contribution is -0.117. The SMILES string of the molecule is O=C(Nc1cccc(N2CCCC2)c1)C1CC1. The van der Waals surface area contributed by atoms with Crippen LogP contribution >= 0.6 is 0 Å². The van der Waals surface area contributed by atoms with Gasteiger partial charge in [0.25, 0.3) is 0 Å². The molecule has 3 nitrogen and oxygen atoms in total. The maximum absolute atomic E-state index is 11.7. The molecule has 0 radical (unpaired) electrons. The predicted molar refractivity (Wildman–Crippen MR) is 69.2 cm³/mol.